The van der Waals surface area contributed by atoms with Crippen molar-refractivity contribution in [3.63, 3.8) is 0 Å². The Balaban J connectivity index is 1.46. The van der Waals surface area contributed by atoms with Crippen molar-refractivity contribution in [1.29, 1.82) is 0 Å². The molecule has 0 amide bonds. The molecule has 1 aromatic heterocycles. The molecule has 0 spiro atoms. The van der Waals surface area contributed by atoms with E-state index in [1.807, 2.05) is 18.5 Å². The van der Waals surface area contributed by atoms with E-state index in [1.54, 1.807) is 16.7 Å². The number of hydrogen-bond acceptors (Lipinski definition) is 1. The highest BCUT2D eigenvalue weighted by Gasteiger charge is 2.21. The number of fused-ring (bicyclic) bond motifs is 3. The Kier molecular flexibility index (Phi) is 9.66. The molecule has 48 heavy (non-hydrogen) atoms. The molecule has 6 aromatic carbocycles. The highest BCUT2D eigenvalue weighted by Crippen LogP contribution is 2.46. The van der Waals surface area contributed by atoms with Crippen molar-refractivity contribution < 1.29 is 0 Å². The molecule has 1 nitrogen and oxygen atoms in total. The standard InChI is InChI=1S/C47H47N/c1-4-7-15-33-27-28-45(40(18-9-6-3)39(33)17-8-5-2)47-43-21-12-10-19-41(43)46(42-20-11-13-22-44(42)47)37-26-25-34-30-36(24-23-35(34)31-37)38-16-14-29-48-32-38/h10-14,16,19-32H,4-9,15,17-18H2,1-3H3. The van der Waals surface area contributed by atoms with Crippen LogP contribution in [-0.4, -0.2) is 4.98 Å². The van der Waals surface area contributed by atoms with E-state index >= 15 is 0 Å². The largest absolute Gasteiger partial charge is 0.264 e. The summed E-state index contributed by atoms with van der Waals surface area (Å²) in [6, 6.07) is 41.1. The minimum Gasteiger partial charge on any atom is -0.264 e. The van der Waals surface area contributed by atoms with Gasteiger partial charge in [0.25, 0.3) is 0 Å². The van der Waals surface area contributed by atoms with Gasteiger partial charge in [-0.3, -0.25) is 4.98 Å². The lowest BCUT2D eigenvalue weighted by Gasteiger charge is -2.23. The smallest absolute Gasteiger partial charge is 0.0346 e. The number of hydrogen-bond donors (Lipinski definition) is 0. The molecule has 7 rings (SSSR count). The Bertz CT molecular complexity index is 2130. The number of aromatic nitrogens is 1. The molecule has 0 radical (unpaired) electrons. The van der Waals surface area contributed by atoms with Crippen molar-refractivity contribution in [3.05, 3.63) is 138 Å². The van der Waals surface area contributed by atoms with Crippen molar-refractivity contribution in [1.82, 2.24) is 4.98 Å². The lowest BCUT2D eigenvalue weighted by molar-refractivity contribution is 0.736. The quantitative estimate of drug-likeness (QED) is 0.123. The van der Waals surface area contributed by atoms with Crippen LogP contribution in [0.25, 0.3) is 65.7 Å². The molecule has 0 aliphatic rings. The minimum absolute atomic E-state index is 1.14. The highest BCUT2D eigenvalue weighted by atomic mass is 14.6. The lowest BCUT2D eigenvalue weighted by Crippen LogP contribution is -2.05. The number of pyridine rings is 1. The normalized spacial score (nSPS) is 11.6. The number of aryl methyl sites for hydroxylation is 1. The number of rotatable bonds is 12. The maximum atomic E-state index is 4.34. The van der Waals surface area contributed by atoms with Crippen molar-refractivity contribution in [2.24, 2.45) is 0 Å². The fourth-order valence-corrected chi connectivity index (χ4v) is 7.73. The van der Waals surface area contributed by atoms with Crippen LogP contribution >= 0.6 is 0 Å². The zero-order chi connectivity index (χ0) is 32.9. The molecular formula is C47H47N. The highest BCUT2D eigenvalue weighted by molar-refractivity contribution is 6.22. The zero-order valence-corrected chi connectivity index (χ0v) is 28.9. The summed E-state index contributed by atoms with van der Waals surface area (Å²) in [4.78, 5) is 4.34. The second kappa shape index (κ2) is 14.6. The summed E-state index contributed by atoms with van der Waals surface area (Å²) in [5, 5.41) is 7.84. The first-order chi connectivity index (χ1) is 23.7. The summed E-state index contributed by atoms with van der Waals surface area (Å²) >= 11 is 0. The van der Waals surface area contributed by atoms with Gasteiger partial charge >= 0.3 is 0 Å². The van der Waals surface area contributed by atoms with Gasteiger partial charge in [0.2, 0.25) is 0 Å². The summed E-state index contributed by atoms with van der Waals surface area (Å²) in [6.07, 6.45) is 14.6. The fourth-order valence-electron chi connectivity index (χ4n) is 7.73. The Morgan fingerprint density at radius 2 is 1.02 bits per heavy atom. The van der Waals surface area contributed by atoms with Gasteiger partial charge in [0.15, 0.2) is 0 Å². The van der Waals surface area contributed by atoms with Crippen LogP contribution in [0.2, 0.25) is 0 Å². The zero-order valence-electron chi connectivity index (χ0n) is 28.9. The predicted molar refractivity (Wildman–Crippen MR) is 209 cm³/mol. The van der Waals surface area contributed by atoms with Gasteiger partial charge in [0.05, 0.1) is 0 Å². The van der Waals surface area contributed by atoms with E-state index in [1.165, 1.54) is 112 Å². The van der Waals surface area contributed by atoms with Crippen LogP contribution in [0.1, 0.15) is 76.0 Å². The van der Waals surface area contributed by atoms with Crippen LogP contribution in [0.4, 0.5) is 0 Å². The average molecular weight is 626 g/mol. The molecular weight excluding hydrogens is 579 g/mol. The lowest BCUT2D eigenvalue weighted by atomic mass is 9.81. The summed E-state index contributed by atoms with van der Waals surface area (Å²) in [6.45, 7) is 6.97. The van der Waals surface area contributed by atoms with E-state index in [2.05, 4.69) is 129 Å². The van der Waals surface area contributed by atoms with E-state index in [9.17, 15) is 0 Å². The van der Waals surface area contributed by atoms with E-state index in [-0.39, 0.29) is 0 Å². The van der Waals surface area contributed by atoms with Gasteiger partial charge in [0.1, 0.15) is 0 Å². The Morgan fingerprint density at radius 3 is 1.62 bits per heavy atom. The molecule has 0 bridgehead atoms. The van der Waals surface area contributed by atoms with Crippen molar-refractivity contribution >= 4 is 32.3 Å². The van der Waals surface area contributed by atoms with Crippen LogP contribution in [-0.2, 0) is 19.3 Å². The first-order valence-corrected chi connectivity index (χ1v) is 18.2. The topological polar surface area (TPSA) is 12.9 Å². The predicted octanol–water partition coefficient (Wildman–Crippen LogP) is 13.6. The third kappa shape index (κ3) is 6.15. The van der Waals surface area contributed by atoms with E-state index in [4.69, 9.17) is 0 Å². The van der Waals surface area contributed by atoms with E-state index < -0.39 is 0 Å². The summed E-state index contributed by atoms with van der Waals surface area (Å²) in [5.74, 6) is 0. The molecule has 0 aliphatic heterocycles. The monoisotopic (exact) mass is 625 g/mol. The fraction of sp³-hybridized carbons (Fsp3) is 0.255. The number of benzene rings is 6. The Labute approximate surface area is 286 Å². The second-order valence-electron chi connectivity index (χ2n) is 13.4. The summed E-state index contributed by atoms with van der Waals surface area (Å²) in [5.41, 5.74) is 12.6. The van der Waals surface area contributed by atoms with Crippen LogP contribution < -0.4 is 0 Å². The van der Waals surface area contributed by atoms with Crippen molar-refractivity contribution in [2.45, 2.75) is 78.6 Å². The molecule has 1 heteroatoms. The first-order valence-electron chi connectivity index (χ1n) is 18.2. The maximum absolute atomic E-state index is 4.34. The molecule has 0 saturated heterocycles. The Morgan fingerprint density at radius 1 is 0.458 bits per heavy atom. The van der Waals surface area contributed by atoms with E-state index in [0.29, 0.717) is 0 Å². The number of nitrogens with zero attached hydrogens (tertiary/aromatic N) is 1. The van der Waals surface area contributed by atoms with Crippen LogP contribution in [0.3, 0.4) is 0 Å². The van der Waals surface area contributed by atoms with Crippen molar-refractivity contribution in [3.8, 4) is 33.4 Å². The third-order valence-corrected chi connectivity index (χ3v) is 10.2. The summed E-state index contributed by atoms with van der Waals surface area (Å²) in [7, 11) is 0. The van der Waals surface area contributed by atoms with Gasteiger partial charge in [-0.15, -0.1) is 0 Å². The third-order valence-electron chi connectivity index (χ3n) is 10.2. The van der Waals surface area contributed by atoms with Gasteiger partial charge in [-0.1, -0.05) is 131 Å². The molecule has 240 valence electrons. The van der Waals surface area contributed by atoms with Gasteiger partial charge in [-0.25, -0.2) is 0 Å². The van der Waals surface area contributed by atoms with Crippen LogP contribution in [0.15, 0.2) is 122 Å². The van der Waals surface area contributed by atoms with Crippen molar-refractivity contribution in [2.75, 3.05) is 0 Å². The van der Waals surface area contributed by atoms with Gasteiger partial charge < -0.3 is 0 Å². The summed E-state index contributed by atoms with van der Waals surface area (Å²) < 4.78 is 0. The minimum atomic E-state index is 1.14. The SMILES string of the molecule is CCCCc1ccc(-c2c3ccccc3c(-c3ccc4cc(-c5cccnc5)ccc4c3)c3ccccc23)c(CCCC)c1CCCC. The average Bonchev–Trinajstić information content (AvgIpc) is 3.14. The maximum Gasteiger partial charge on any atom is 0.0346 e. The number of unbranched alkanes of at least 4 members (excludes halogenated alkanes) is 3. The van der Waals surface area contributed by atoms with Crippen LogP contribution in [0, 0.1) is 0 Å². The van der Waals surface area contributed by atoms with E-state index in [0.717, 1.165) is 12.0 Å². The molecule has 0 saturated carbocycles. The van der Waals surface area contributed by atoms with Crippen LogP contribution in [0.5, 0.6) is 0 Å². The van der Waals surface area contributed by atoms with Gasteiger partial charge in [-0.05, 0) is 134 Å². The second-order valence-corrected chi connectivity index (χ2v) is 13.4. The molecule has 1 heterocycles. The van der Waals surface area contributed by atoms with Gasteiger partial charge in [-0.2, -0.15) is 0 Å². The Hall–Kier alpha value is -4.75. The van der Waals surface area contributed by atoms with Gasteiger partial charge in [0, 0.05) is 18.0 Å². The molecule has 0 aliphatic carbocycles. The first kappa shape index (κ1) is 31.8. The molecule has 0 fully saturated rings. The molecule has 0 atom stereocenters. The molecule has 0 N–H and O–H groups in total. The molecule has 0 unspecified atom stereocenters. The molecule has 7 aromatic rings.